The minimum atomic E-state index is 0.343. The molecule has 0 atom stereocenters. The van der Waals surface area contributed by atoms with Crippen LogP contribution < -0.4 is 10.5 Å². The predicted octanol–water partition coefficient (Wildman–Crippen LogP) is 1.20. The third kappa shape index (κ3) is 1.61. The minimum absolute atomic E-state index is 0.343. The van der Waals surface area contributed by atoms with E-state index in [-0.39, 0.29) is 0 Å². The summed E-state index contributed by atoms with van der Waals surface area (Å²) in [7, 11) is 1.54. The lowest BCUT2D eigenvalue weighted by Crippen LogP contribution is -2.01. The maximum absolute atomic E-state index is 5.81. The Balaban J connectivity index is 3.13. The molecule has 0 saturated heterocycles. The van der Waals surface area contributed by atoms with Crippen LogP contribution in [-0.4, -0.2) is 12.1 Å². The SMILES string of the molecule is COc1nccc(Cl)c1CN. The van der Waals surface area contributed by atoms with Crippen LogP contribution in [0.25, 0.3) is 0 Å². The summed E-state index contributed by atoms with van der Waals surface area (Å²) in [6, 6.07) is 1.69. The van der Waals surface area contributed by atoms with Crippen LogP contribution in [0.2, 0.25) is 5.02 Å². The van der Waals surface area contributed by atoms with E-state index in [9.17, 15) is 0 Å². The maximum atomic E-state index is 5.81. The Hall–Kier alpha value is -0.800. The molecule has 0 bridgehead atoms. The average molecular weight is 173 g/mol. The molecule has 0 amide bonds. The van der Waals surface area contributed by atoms with E-state index in [1.165, 1.54) is 7.11 Å². The van der Waals surface area contributed by atoms with Crippen molar-refractivity contribution in [3.05, 3.63) is 22.8 Å². The summed E-state index contributed by atoms with van der Waals surface area (Å²) in [6.07, 6.45) is 1.58. The number of nitrogens with two attached hydrogens (primary N) is 1. The molecule has 2 N–H and O–H groups in total. The number of nitrogens with zero attached hydrogens (tertiary/aromatic N) is 1. The van der Waals surface area contributed by atoms with Gasteiger partial charge in [0.2, 0.25) is 5.88 Å². The van der Waals surface area contributed by atoms with Crippen LogP contribution >= 0.6 is 11.6 Å². The number of hydrogen-bond donors (Lipinski definition) is 1. The molecular formula is C7H9ClN2O. The molecule has 1 heterocycles. The van der Waals surface area contributed by atoms with Crippen LogP contribution in [0.3, 0.4) is 0 Å². The largest absolute Gasteiger partial charge is 0.481 e. The van der Waals surface area contributed by atoms with Gasteiger partial charge in [-0.05, 0) is 6.07 Å². The molecule has 60 valence electrons. The van der Waals surface area contributed by atoms with Crippen molar-refractivity contribution in [3.63, 3.8) is 0 Å². The summed E-state index contributed by atoms with van der Waals surface area (Å²) in [5, 5.41) is 0.597. The fourth-order valence-corrected chi connectivity index (χ4v) is 1.03. The number of halogens is 1. The highest BCUT2D eigenvalue weighted by Gasteiger charge is 2.05. The zero-order valence-electron chi connectivity index (χ0n) is 6.17. The Morgan fingerprint density at radius 3 is 2.91 bits per heavy atom. The van der Waals surface area contributed by atoms with Gasteiger partial charge < -0.3 is 10.5 Å². The van der Waals surface area contributed by atoms with Gasteiger partial charge in [-0.1, -0.05) is 11.6 Å². The van der Waals surface area contributed by atoms with Gasteiger partial charge in [-0.2, -0.15) is 0 Å². The fraction of sp³-hybridized carbons (Fsp3) is 0.286. The van der Waals surface area contributed by atoms with Crippen LogP contribution in [0.1, 0.15) is 5.56 Å². The normalized spacial score (nSPS) is 9.73. The fourth-order valence-electron chi connectivity index (χ4n) is 0.812. The lowest BCUT2D eigenvalue weighted by molar-refractivity contribution is 0.392. The van der Waals surface area contributed by atoms with E-state index in [2.05, 4.69) is 4.98 Å². The molecule has 1 rings (SSSR count). The van der Waals surface area contributed by atoms with Crippen molar-refractivity contribution < 1.29 is 4.74 Å². The highest BCUT2D eigenvalue weighted by atomic mass is 35.5. The molecule has 0 radical (unpaired) electrons. The van der Waals surface area contributed by atoms with Gasteiger partial charge in [-0.3, -0.25) is 0 Å². The summed E-state index contributed by atoms with van der Waals surface area (Å²) in [5.41, 5.74) is 6.17. The monoisotopic (exact) mass is 172 g/mol. The third-order valence-electron chi connectivity index (χ3n) is 1.36. The van der Waals surface area contributed by atoms with Crippen LogP contribution in [0.4, 0.5) is 0 Å². The average Bonchev–Trinajstić information content (AvgIpc) is 2.04. The summed E-state index contributed by atoms with van der Waals surface area (Å²) in [6.45, 7) is 0.343. The van der Waals surface area contributed by atoms with Crippen LogP contribution in [0, 0.1) is 0 Å². The Morgan fingerprint density at radius 2 is 2.45 bits per heavy atom. The number of aromatic nitrogens is 1. The van der Waals surface area contributed by atoms with Crippen molar-refractivity contribution in [1.82, 2.24) is 4.98 Å². The van der Waals surface area contributed by atoms with Crippen LogP contribution in [0.5, 0.6) is 5.88 Å². The van der Waals surface area contributed by atoms with E-state index in [0.717, 1.165) is 5.56 Å². The first-order valence-electron chi connectivity index (χ1n) is 3.17. The minimum Gasteiger partial charge on any atom is -0.481 e. The summed E-state index contributed by atoms with van der Waals surface area (Å²) < 4.78 is 4.94. The van der Waals surface area contributed by atoms with Gasteiger partial charge >= 0.3 is 0 Å². The lowest BCUT2D eigenvalue weighted by Gasteiger charge is -2.05. The standard InChI is InChI=1S/C7H9ClN2O/c1-11-7-5(4-9)6(8)2-3-10-7/h2-3H,4,9H2,1H3. The molecule has 1 aromatic rings. The second kappa shape index (κ2) is 3.55. The van der Waals surface area contributed by atoms with Gasteiger partial charge in [0.15, 0.2) is 0 Å². The van der Waals surface area contributed by atoms with E-state index in [4.69, 9.17) is 22.1 Å². The number of hydrogen-bond acceptors (Lipinski definition) is 3. The summed E-state index contributed by atoms with van der Waals surface area (Å²) in [4.78, 5) is 3.94. The van der Waals surface area contributed by atoms with E-state index < -0.39 is 0 Å². The molecule has 0 aliphatic heterocycles. The smallest absolute Gasteiger partial charge is 0.219 e. The number of pyridine rings is 1. The molecule has 3 nitrogen and oxygen atoms in total. The zero-order chi connectivity index (χ0) is 8.27. The van der Waals surface area contributed by atoms with E-state index in [1.54, 1.807) is 12.3 Å². The van der Waals surface area contributed by atoms with Gasteiger partial charge in [0, 0.05) is 18.3 Å². The van der Waals surface area contributed by atoms with Gasteiger partial charge in [-0.25, -0.2) is 4.98 Å². The predicted molar refractivity (Wildman–Crippen MR) is 43.7 cm³/mol. The first kappa shape index (κ1) is 8.30. The zero-order valence-corrected chi connectivity index (χ0v) is 6.93. The Morgan fingerprint density at radius 1 is 1.73 bits per heavy atom. The van der Waals surface area contributed by atoms with Crippen molar-refractivity contribution in [1.29, 1.82) is 0 Å². The van der Waals surface area contributed by atoms with Crippen molar-refractivity contribution in [2.45, 2.75) is 6.54 Å². The van der Waals surface area contributed by atoms with Gasteiger partial charge in [0.25, 0.3) is 0 Å². The molecule has 1 aromatic heterocycles. The topological polar surface area (TPSA) is 48.1 Å². The van der Waals surface area contributed by atoms with Gasteiger partial charge in [0.05, 0.1) is 12.1 Å². The molecule has 0 spiro atoms. The second-order valence-electron chi connectivity index (χ2n) is 1.98. The van der Waals surface area contributed by atoms with Crippen molar-refractivity contribution in [2.24, 2.45) is 5.73 Å². The Kier molecular flexibility index (Phi) is 2.68. The highest BCUT2D eigenvalue weighted by Crippen LogP contribution is 2.22. The molecular weight excluding hydrogens is 164 g/mol. The summed E-state index contributed by atoms with van der Waals surface area (Å²) >= 11 is 5.81. The highest BCUT2D eigenvalue weighted by molar-refractivity contribution is 6.31. The lowest BCUT2D eigenvalue weighted by atomic mass is 10.3. The van der Waals surface area contributed by atoms with Gasteiger partial charge in [0.1, 0.15) is 0 Å². The Labute approximate surface area is 70.1 Å². The molecule has 11 heavy (non-hydrogen) atoms. The van der Waals surface area contributed by atoms with Crippen molar-refractivity contribution in [2.75, 3.05) is 7.11 Å². The molecule has 0 aliphatic rings. The quantitative estimate of drug-likeness (QED) is 0.730. The first-order valence-corrected chi connectivity index (χ1v) is 3.54. The maximum Gasteiger partial charge on any atom is 0.219 e. The first-order chi connectivity index (χ1) is 5.29. The van der Waals surface area contributed by atoms with Gasteiger partial charge in [-0.15, -0.1) is 0 Å². The Bertz CT molecular complexity index is 252. The number of ether oxygens (including phenoxy) is 1. The molecule has 4 heteroatoms. The van der Waals surface area contributed by atoms with Crippen LogP contribution in [-0.2, 0) is 6.54 Å². The van der Waals surface area contributed by atoms with Crippen molar-refractivity contribution in [3.8, 4) is 5.88 Å². The number of rotatable bonds is 2. The van der Waals surface area contributed by atoms with Crippen molar-refractivity contribution >= 4 is 11.6 Å². The molecule has 0 unspecified atom stereocenters. The molecule has 0 aliphatic carbocycles. The molecule has 0 saturated carbocycles. The molecule has 0 aromatic carbocycles. The number of methoxy groups -OCH3 is 1. The molecule has 0 fully saturated rings. The third-order valence-corrected chi connectivity index (χ3v) is 1.71. The van der Waals surface area contributed by atoms with E-state index in [0.29, 0.717) is 17.4 Å². The summed E-state index contributed by atoms with van der Waals surface area (Å²) in [5.74, 6) is 0.500. The second-order valence-corrected chi connectivity index (χ2v) is 2.39. The van der Waals surface area contributed by atoms with E-state index >= 15 is 0 Å². The van der Waals surface area contributed by atoms with E-state index in [1.807, 2.05) is 0 Å². The van der Waals surface area contributed by atoms with Crippen LogP contribution in [0.15, 0.2) is 12.3 Å².